The van der Waals surface area contributed by atoms with Crippen LogP contribution in [0.4, 0.5) is 5.69 Å². The number of nitrogens with one attached hydrogen (secondary N) is 1. The van der Waals surface area contributed by atoms with E-state index in [1.165, 1.54) is 24.3 Å². The van der Waals surface area contributed by atoms with Gasteiger partial charge in [-0.05, 0) is 37.3 Å². The van der Waals surface area contributed by atoms with Gasteiger partial charge in [-0.15, -0.1) is 0 Å². The van der Waals surface area contributed by atoms with Crippen molar-refractivity contribution in [1.82, 2.24) is 0 Å². The number of carbonyl (C=O) groups excluding carboxylic acids is 2. The maximum atomic E-state index is 13.0. The number of hydrogen-bond acceptors (Lipinski definition) is 7. The molecule has 0 bridgehead atoms. The minimum Gasteiger partial charge on any atom is -0.492 e. The van der Waals surface area contributed by atoms with Crippen LogP contribution in [0, 0.1) is 0 Å². The largest absolute Gasteiger partial charge is 0.492 e. The van der Waals surface area contributed by atoms with Crippen molar-refractivity contribution >= 4 is 43.6 Å². The van der Waals surface area contributed by atoms with E-state index >= 15 is 0 Å². The van der Waals surface area contributed by atoms with Gasteiger partial charge < -0.3 is 14.2 Å². The van der Waals surface area contributed by atoms with Crippen molar-refractivity contribution in [3.05, 3.63) is 52.5 Å². The number of rotatable bonds is 7. The third-order valence-corrected chi connectivity index (χ3v) is 5.90. The molecule has 0 spiro atoms. The van der Waals surface area contributed by atoms with Gasteiger partial charge in [-0.1, -0.05) is 28.1 Å². The Morgan fingerprint density at radius 2 is 2.03 bits per heavy atom. The highest BCUT2D eigenvalue weighted by atomic mass is 79.9. The molecule has 29 heavy (non-hydrogen) atoms. The lowest BCUT2D eigenvalue weighted by Crippen LogP contribution is -2.24. The number of carbonyl (C=O) groups is 2. The number of halogens is 1. The third kappa shape index (κ3) is 4.88. The molecule has 0 saturated carbocycles. The highest BCUT2D eigenvalue weighted by Gasteiger charge is 2.31. The fourth-order valence-corrected chi connectivity index (χ4v) is 4.46. The molecule has 2 aromatic rings. The Morgan fingerprint density at radius 3 is 2.72 bits per heavy atom. The summed E-state index contributed by atoms with van der Waals surface area (Å²) in [4.78, 5) is 24.0. The lowest BCUT2D eigenvalue weighted by atomic mass is 10.2. The molecule has 1 heterocycles. The molecule has 154 valence electrons. The molecule has 1 aliphatic heterocycles. The normalized spacial score (nSPS) is 16.2. The summed E-state index contributed by atoms with van der Waals surface area (Å²) < 4.78 is 44.3. The average molecular weight is 484 g/mol. The van der Waals surface area contributed by atoms with E-state index in [4.69, 9.17) is 14.2 Å². The number of para-hydroxylation sites is 1. The van der Waals surface area contributed by atoms with E-state index in [1.807, 2.05) is 0 Å². The van der Waals surface area contributed by atoms with Crippen molar-refractivity contribution in [2.45, 2.75) is 24.3 Å². The Kier molecular flexibility index (Phi) is 6.43. The monoisotopic (exact) mass is 483 g/mol. The van der Waals surface area contributed by atoms with Gasteiger partial charge in [0.05, 0.1) is 24.5 Å². The van der Waals surface area contributed by atoms with Gasteiger partial charge >= 0.3 is 11.9 Å². The highest BCUT2D eigenvalue weighted by molar-refractivity contribution is 9.10. The number of anilines is 1. The van der Waals surface area contributed by atoms with E-state index in [0.29, 0.717) is 4.47 Å². The van der Waals surface area contributed by atoms with E-state index in [2.05, 4.69) is 20.7 Å². The zero-order valence-corrected chi connectivity index (χ0v) is 17.8. The molecule has 0 amide bonds. The van der Waals surface area contributed by atoms with Gasteiger partial charge in [-0.3, -0.25) is 4.72 Å². The number of cyclic esters (lactones) is 1. The Bertz CT molecular complexity index is 1040. The van der Waals surface area contributed by atoms with Crippen LogP contribution in [0.25, 0.3) is 0 Å². The zero-order valence-electron chi connectivity index (χ0n) is 15.4. The molecule has 1 fully saturated rings. The van der Waals surface area contributed by atoms with E-state index in [0.717, 1.165) is 0 Å². The summed E-state index contributed by atoms with van der Waals surface area (Å²) >= 11 is 3.25. The van der Waals surface area contributed by atoms with Gasteiger partial charge in [-0.2, -0.15) is 0 Å². The molecule has 0 aromatic heterocycles. The minimum absolute atomic E-state index is 0.0197. The quantitative estimate of drug-likeness (QED) is 0.602. The van der Waals surface area contributed by atoms with Crippen molar-refractivity contribution in [2.24, 2.45) is 0 Å². The zero-order chi connectivity index (χ0) is 21.0. The first kappa shape index (κ1) is 21.1. The standard InChI is InChI=1S/C19H18BrNO7S/c1-2-26-15-8-7-12(20)11-17(15)29(24,25)21-14-6-4-3-5-13(14)18(22)28-16-9-10-27-19(16)23/h3-8,11,16,21H,2,9-10H2,1H3. The molecule has 10 heteroatoms. The molecular weight excluding hydrogens is 466 g/mol. The topological polar surface area (TPSA) is 108 Å². The van der Waals surface area contributed by atoms with Crippen LogP contribution < -0.4 is 9.46 Å². The first-order chi connectivity index (χ1) is 13.8. The fraction of sp³-hybridized carbons (Fsp3) is 0.263. The summed E-state index contributed by atoms with van der Waals surface area (Å²) in [5.74, 6) is -1.27. The summed E-state index contributed by atoms with van der Waals surface area (Å²) in [6.45, 7) is 2.20. The van der Waals surface area contributed by atoms with Crippen LogP contribution in [-0.2, 0) is 24.3 Å². The molecule has 1 aliphatic rings. The van der Waals surface area contributed by atoms with Crippen molar-refractivity contribution in [1.29, 1.82) is 0 Å². The molecule has 0 radical (unpaired) electrons. The maximum absolute atomic E-state index is 13.0. The second-order valence-electron chi connectivity index (χ2n) is 6.03. The highest BCUT2D eigenvalue weighted by Crippen LogP contribution is 2.30. The summed E-state index contributed by atoms with van der Waals surface area (Å²) in [5.41, 5.74) is -0.00461. The molecule has 1 N–H and O–H groups in total. The van der Waals surface area contributed by atoms with Gasteiger partial charge in [0.1, 0.15) is 10.6 Å². The number of esters is 2. The molecule has 2 aromatic carbocycles. The number of benzene rings is 2. The van der Waals surface area contributed by atoms with Crippen molar-refractivity contribution in [2.75, 3.05) is 17.9 Å². The van der Waals surface area contributed by atoms with Gasteiger partial charge in [0.15, 0.2) is 0 Å². The number of hydrogen-bond donors (Lipinski definition) is 1. The molecule has 3 rings (SSSR count). The minimum atomic E-state index is -4.09. The SMILES string of the molecule is CCOc1ccc(Br)cc1S(=O)(=O)Nc1ccccc1C(=O)OC1CCOC1=O. The van der Waals surface area contributed by atoms with Crippen molar-refractivity contribution in [3.8, 4) is 5.75 Å². The molecule has 1 atom stereocenters. The van der Waals surface area contributed by atoms with Crippen LogP contribution in [0.3, 0.4) is 0 Å². The Balaban J connectivity index is 1.90. The second kappa shape index (κ2) is 8.83. The Hall–Kier alpha value is -2.59. The Morgan fingerprint density at radius 1 is 1.28 bits per heavy atom. The predicted octanol–water partition coefficient (Wildman–Crippen LogP) is 3.12. The van der Waals surface area contributed by atoms with Gasteiger partial charge in [-0.25, -0.2) is 18.0 Å². The van der Waals surface area contributed by atoms with Crippen LogP contribution >= 0.6 is 15.9 Å². The van der Waals surface area contributed by atoms with Gasteiger partial charge in [0.2, 0.25) is 6.10 Å². The Labute approximate surface area is 176 Å². The van der Waals surface area contributed by atoms with Crippen molar-refractivity contribution in [3.63, 3.8) is 0 Å². The van der Waals surface area contributed by atoms with Crippen LogP contribution in [0.1, 0.15) is 23.7 Å². The van der Waals surface area contributed by atoms with E-state index in [9.17, 15) is 18.0 Å². The smallest absolute Gasteiger partial charge is 0.347 e. The van der Waals surface area contributed by atoms with Gasteiger partial charge in [0, 0.05) is 10.9 Å². The number of sulfonamides is 1. The molecule has 0 aliphatic carbocycles. The summed E-state index contributed by atoms with van der Waals surface area (Å²) in [6.07, 6.45) is -0.740. The average Bonchev–Trinajstić information content (AvgIpc) is 3.08. The summed E-state index contributed by atoms with van der Waals surface area (Å²) in [7, 11) is -4.09. The number of ether oxygens (including phenoxy) is 3. The van der Waals surface area contributed by atoms with E-state index < -0.39 is 28.1 Å². The lowest BCUT2D eigenvalue weighted by Gasteiger charge is -2.15. The predicted molar refractivity (Wildman–Crippen MR) is 107 cm³/mol. The summed E-state index contributed by atoms with van der Waals surface area (Å²) in [5, 5.41) is 0. The van der Waals surface area contributed by atoms with Gasteiger partial charge in [0.25, 0.3) is 10.0 Å². The third-order valence-electron chi connectivity index (χ3n) is 4.02. The first-order valence-electron chi connectivity index (χ1n) is 8.73. The summed E-state index contributed by atoms with van der Waals surface area (Å²) in [6, 6.07) is 10.6. The fourth-order valence-electron chi connectivity index (χ4n) is 2.69. The molecule has 1 unspecified atom stereocenters. The van der Waals surface area contributed by atoms with Crippen LogP contribution in [0.15, 0.2) is 51.8 Å². The van der Waals surface area contributed by atoms with E-state index in [-0.39, 0.29) is 41.5 Å². The first-order valence-corrected chi connectivity index (χ1v) is 11.0. The molecule has 8 nitrogen and oxygen atoms in total. The van der Waals surface area contributed by atoms with Crippen LogP contribution in [0.5, 0.6) is 5.75 Å². The van der Waals surface area contributed by atoms with Crippen molar-refractivity contribution < 1.29 is 32.2 Å². The lowest BCUT2D eigenvalue weighted by molar-refractivity contribution is -0.145. The second-order valence-corrected chi connectivity index (χ2v) is 8.59. The van der Waals surface area contributed by atoms with E-state index in [1.54, 1.807) is 25.1 Å². The van der Waals surface area contributed by atoms with Crippen LogP contribution in [0.2, 0.25) is 0 Å². The maximum Gasteiger partial charge on any atom is 0.347 e. The molecular formula is C19H18BrNO7S. The molecule has 1 saturated heterocycles. The van der Waals surface area contributed by atoms with Crippen LogP contribution in [-0.4, -0.2) is 39.7 Å².